The molecule has 2 N–H and O–H groups in total. The summed E-state index contributed by atoms with van der Waals surface area (Å²) in [5.74, 6) is 2.23. The third kappa shape index (κ3) is 2.96. The van der Waals surface area contributed by atoms with Crippen LogP contribution in [-0.2, 0) is 0 Å². The fraction of sp³-hybridized carbons (Fsp3) is 0.625. The molecule has 2 aliphatic rings. The first-order valence-corrected chi connectivity index (χ1v) is 8.39. The van der Waals surface area contributed by atoms with Crippen LogP contribution in [0.5, 0.6) is 11.5 Å². The molecule has 20 heavy (non-hydrogen) atoms. The quantitative estimate of drug-likeness (QED) is 0.821. The molecule has 0 bridgehead atoms. The van der Waals surface area contributed by atoms with E-state index in [2.05, 4.69) is 22.0 Å². The summed E-state index contributed by atoms with van der Waals surface area (Å²) in [7, 11) is 0. The molecular formula is C16H22BrNO2. The maximum atomic E-state index is 6.55. The first kappa shape index (κ1) is 14.2. The van der Waals surface area contributed by atoms with Gasteiger partial charge >= 0.3 is 0 Å². The van der Waals surface area contributed by atoms with Crippen LogP contribution in [0.3, 0.4) is 0 Å². The Balaban J connectivity index is 1.84. The maximum Gasteiger partial charge on any atom is 0.162 e. The lowest BCUT2D eigenvalue weighted by atomic mass is 9.87. The average molecular weight is 340 g/mol. The highest BCUT2D eigenvalue weighted by Gasteiger charge is 2.25. The summed E-state index contributed by atoms with van der Waals surface area (Å²) in [6.07, 6.45) is 7.79. The maximum absolute atomic E-state index is 6.55. The van der Waals surface area contributed by atoms with E-state index in [-0.39, 0.29) is 6.04 Å². The molecule has 1 aliphatic heterocycles. The van der Waals surface area contributed by atoms with E-state index in [9.17, 15) is 0 Å². The number of ether oxygens (including phenoxy) is 2. The number of hydrogen-bond acceptors (Lipinski definition) is 3. The van der Waals surface area contributed by atoms with Crippen LogP contribution in [0.2, 0.25) is 0 Å². The van der Waals surface area contributed by atoms with E-state index < -0.39 is 0 Å². The zero-order valence-corrected chi connectivity index (χ0v) is 13.3. The van der Waals surface area contributed by atoms with E-state index in [4.69, 9.17) is 15.2 Å². The number of hydrogen-bond donors (Lipinski definition) is 1. The van der Waals surface area contributed by atoms with Crippen LogP contribution in [0.25, 0.3) is 0 Å². The van der Waals surface area contributed by atoms with Gasteiger partial charge in [-0.2, -0.15) is 0 Å². The van der Waals surface area contributed by atoms with Gasteiger partial charge in [-0.1, -0.05) is 41.6 Å². The highest BCUT2D eigenvalue weighted by atomic mass is 79.9. The fourth-order valence-corrected chi connectivity index (χ4v) is 3.85. The van der Waals surface area contributed by atoms with Crippen molar-refractivity contribution in [1.29, 1.82) is 0 Å². The number of fused-ring (bicyclic) bond motifs is 1. The third-order valence-corrected chi connectivity index (χ3v) is 5.12. The largest absolute Gasteiger partial charge is 0.486 e. The molecular weight excluding hydrogens is 318 g/mol. The summed E-state index contributed by atoms with van der Waals surface area (Å²) in [4.78, 5) is 0. The van der Waals surface area contributed by atoms with Gasteiger partial charge in [-0.15, -0.1) is 0 Å². The molecule has 1 atom stereocenters. The molecule has 3 nitrogen and oxygen atoms in total. The molecule has 1 saturated carbocycles. The van der Waals surface area contributed by atoms with Crippen LogP contribution in [0.1, 0.15) is 50.1 Å². The Kier molecular flexibility index (Phi) is 4.51. The van der Waals surface area contributed by atoms with E-state index >= 15 is 0 Å². The van der Waals surface area contributed by atoms with Crippen LogP contribution in [0, 0.1) is 5.92 Å². The SMILES string of the molecule is NC(c1cc2c(cc1Br)OCCO2)C1CCCCCC1. The van der Waals surface area contributed by atoms with Gasteiger partial charge < -0.3 is 15.2 Å². The van der Waals surface area contributed by atoms with Gasteiger partial charge in [0.15, 0.2) is 11.5 Å². The zero-order valence-electron chi connectivity index (χ0n) is 11.7. The molecule has 0 radical (unpaired) electrons. The number of nitrogens with two attached hydrogens (primary N) is 1. The Morgan fingerprint density at radius 3 is 2.25 bits per heavy atom. The monoisotopic (exact) mass is 339 g/mol. The fourth-order valence-electron chi connectivity index (χ4n) is 3.26. The van der Waals surface area contributed by atoms with Crippen molar-refractivity contribution in [2.24, 2.45) is 11.7 Å². The molecule has 4 heteroatoms. The van der Waals surface area contributed by atoms with E-state index in [0.29, 0.717) is 19.1 Å². The first-order valence-electron chi connectivity index (χ1n) is 7.60. The van der Waals surface area contributed by atoms with Crippen molar-refractivity contribution in [2.75, 3.05) is 13.2 Å². The Morgan fingerprint density at radius 2 is 1.60 bits per heavy atom. The number of benzene rings is 1. The molecule has 3 rings (SSSR count). The molecule has 0 amide bonds. The molecule has 0 aromatic heterocycles. The minimum atomic E-state index is 0.0818. The highest BCUT2D eigenvalue weighted by molar-refractivity contribution is 9.10. The van der Waals surface area contributed by atoms with Crippen molar-refractivity contribution in [3.8, 4) is 11.5 Å². The van der Waals surface area contributed by atoms with Crippen LogP contribution >= 0.6 is 15.9 Å². The van der Waals surface area contributed by atoms with Crippen molar-refractivity contribution in [2.45, 2.75) is 44.6 Å². The van der Waals surface area contributed by atoms with Crippen molar-refractivity contribution in [1.82, 2.24) is 0 Å². The lowest BCUT2D eigenvalue weighted by Crippen LogP contribution is -2.22. The van der Waals surface area contributed by atoms with Crippen LogP contribution in [0.4, 0.5) is 0 Å². The highest BCUT2D eigenvalue weighted by Crippen LogP contribution is 2.41. The smallest absolute Gasteiger partial charge is 0.162 e. The topological polar surface area (TPSA) is 44.5 Å². The van der Waals surface area contributed by atoms with E-state index in [1.807, 2.05) is 6.07 Å². The summed E-state index contributed by atoms with van der Waals surface area (Å²) in [5, 5.41) is 0. The van der Waals surface area contributed by atoms with Crippen molar-refractivity contribution < 1.29 is 9.47 Å². The van der Waals surface area contributed by atoms with E-state index in [1.54, 1.807) is 0 Å². The lowest BCUT2D eigenvalue weighted by molar-refractivity contribution is 0.171. The molecule has 1 aliphatic carbocycles. The van der Waals surface area contributed by atoms with Gasteiger partial charge in [0.2, 0.25) is 0 Å². The van der Waals surface area contributed by atoms with Crippen LogP contribution in [-0.4, -0.2) is 13.2 Å². The molecule has 0 spiro atoms. The summed E-state index contributed by atoms with van der Waals surface area (Å²) in [5.41, 5.74) is 7.70. The molecule has 1 fully saturated rings. The van der Waals surface area contributed by atoms with Gasteiger partial charge in [-0.05, 0) is 36.5 Å². The van der Waals surface area contributed by atoms with Gasteiger partial charge in [0.05, 0.1) is 0 Å². The first-order chi connectivity index (χ1) is 9.75. The molecule has 1 aromatic rings. The number of rotatable bonds is 2. The Hall–Kier alpha value is -0.740. The normalized spacial score (nSPS) is 21.3. The summed E-state index contributed by atoms with van der Waals surface area (Å²) >= 11 is 3.65. The van der Waals surface area contributed by atoms with Crippen molar-refractivity contribution in [3.63, 3.8) is 0 Å². The van der Waals surface area contributed by atoms with Gasteiger partial charge in [0.1, 0.15) is 13.2 Å². The predicted molar refractivity (Wildman–Crippen MR) is 83.3 cm³/mol. The molecule has 1 heterocycles. The second-order valence-corrected chi connectivity index (χ2v) is 6.65. The van der Waals surface area contributed by atoms with Crippen LogP contribution < -0.4 is 15.2 Å². The van der Waals surface area contributed by atoms with Gasteiger partial charge in [0, 0.05) is 10.5 Å². The molecule has 1 unspecified atom stereocenters. The zero-order chi connectivity index (χ0) is 13.9. The van der Waals surface area contributed by atoms with Gasteiger partial charge in [0.25, 0.3) is 0 Å². The van der Waals surface area contributed by atoms with Crippen molar-refractivity contribution in [3.05, 3.63) is 22.2 Å². The van der Waals surface area contributed by atoms with Crippen LogP contribution in [0.15, 0.2) is 16.6 Å². The Morgan fingerprint density at radius 1 is 1.00 bits per heavy atom. The second kappa shape index (κ2) is 6.35. The Labute approximate surface area is 129 Å². The third-order valence-electron chi connectivity index (χ3n) is 4.43. The minimum absolute atomic E-state index is 0.0818. The van der Waals surface area contributed by atoms with E-state index in [1.165, 1.54) is 38.5 Å². The minimum Gasteiger partial charge on any atom is -0.486 e. The molecule has 0 saturated heterocycles. The Bertz CT molecular complexity index is 470. The van der Waals surface area contributed by atoms with Crippen molar-refractivity contribution >= 4 is 15.9 Å². The summed E-state index contributed by atoms with van der Waals surface area (Å²) in [6.45, 7) is 1.24. The molecule has 110 valence electrons. The van der Waals surface area contributed by atoms with E-state index in [0.717, 1.165) is 21.5 Å². The number of halogens is 1. The molecule has 1 aromatic carbocycles. The average Bonchev–Trinajstić information content (AvgIpc) is 2.75. The van der Waals surface area contributed by atoms with Gasteiger partial charge in [-0.25, -0.2) is 0 Å². The second-order valence-electron chi connectivity index (χ2n) is 5.79. The predicted octanol–water partition coefficient (Wildman–Crippen LogP) is 4.19. The summed E-state index contributed by atoms with van der Waals surface area (Å²) in [6, 6.07) is 4.15. The van der Waals surface area contributed by atoms with Gasteiger partial charge in [-0.3, -0.25) is 0 Å². The lowest BCUT2D eigenvalue weighted by Gasteiger charge is -2.26. The summed E-state index contributed by atoms with van der Waals surface area (Å²) < 4.78 is 12.3. The standard InChI is InChI=1S/C16H22BrNO2/c17-13-10-15-14(19-7-8-20-15)9-12(13)16(18)11-5-3-1-2-4-6-11/h9-11,16H,1-8,18H2.